The zero-order valence-electron chi connectivity index (χ0n) is 9.86. The summed E-state index contributed by atoms with van der Waals surface area (Å²) < 4.78 is 23.8. The lowest BCUT2D eigenvalue weighted by molar-refractivity contribution is 0.590. The second-order valence-corrected chi connectivity index (χ2v) is 5.95. The lowest BCUT2D eigenvalue weighted by atomic mass is 10.2. The molecule has 90 valence electrons. The molecule has 0 aliphatic carbocycles. The van der Waals surface area contributed by atoms with Gasteiger partial charge in [0.25, 0.3) is 0 Å². The summed E-state index contributed by atoms with van der Waals surface area (Å²) >= 11 is 0. The molecule has 1 aromatic rings. The molecule has 0 saturated carbocycles. The number of hydrogen-bond donors (Lipinski definition) is 1. The molecular formula is C12H19NO2S. The molecule has 0 unspecified atom stereocenters. The molecule has 16 heavy (non-hydrogen) atoms. The number of aryl methyl sites for hydroxylation is 1. The Morgan fingerprint density at radius 2 is 2.06 bits per heavy atom. The van der Waals surface area contributed by atoms with Gasteiger partial charge in [0.2, 0.25) is 0 Å². The van der Waals surface area contributed by atoms with Crippen molar-refractivity contribution in [2.45, 2.75) is 25.2 Å². The molecule has 0 aliphatic rings. The third kappa shape index (κ3) is 3.94. The van der Waals surface area contributed by atoms with E-state index in [1.807, 2.05) is 19.9 Å². The molecule has 0 amide bonds. The van der Waals surface area contributed by atoms with Gasteiger partial charge in [0.1, 0.15) is 0 Å². The molecular weight excluding hydrogens is 222 g/mol. The van der Waals surface area contributed by atoms with Crippen molar-refractivity contribution in [2.24, 2.45) is 0 Å². The van der Waals surface area contributed by atoms with Crippen LogP contribution in [0.25, 0.3) is 0 Å². The van der Waals surface area contributed by atoms with Crippen LogP contribution < -0.4 is 5.32 Å². The van der Waals surface area contributed by atoms with E-state index in [-0.39, 0.29) is 5.75 Å². The van der Waals surface area contributed by atoms with Crippen molar-refractivity contribution in [1.29, 1.82) is 0 Å². The zero-order valence-corrected chi connectivity index (χ0v) is 10.7. The van der Waals surface area contributed by atoms with Crippen molar-refractivity contribution in [2.75, 3.05) is 18.8 Å². The summed E-state index contributed by atoms with van der Waals surface area (Å²) in [6.07, 6.45) is 0.657. The monoisotopic (exact) mass is 241 g/mol. The fraction of sp³-hybridized carbons (Fsp3) is 0.500. The summed E-state index contributed by atoms with van der Waals surface area (Å²) in [6.45, 7) is 5.54. The maximum Gasteiger partial charge on any atom is 0.178 e. The molecule has 0 bridgehead atoms. The van der Waals surface area contributed by atoms with Gasteiger partial charge in [0.15, 0.2) is 9.84 Å². The molecule has 1 rings (SSSR count). The maximum absolute atomic E-state index is 11.9. The first-order valence-electron chi connectivity index (χ1n) is 5.56. The number of nitrogens with one attached hydrogen (secondary N) is 1. The zero-order chi connectivity index (χ0) is 12.0. The molecule has 1 N–H and O–H groups in total. The fourth-order valence-electron chi connectivity index (χ4n) is 1.49. The van der Waals surface area contributed by atoms with Crippen LogP contribution in [0.15, 0.2) is 29.2 Å². The van der Waals surface area contributed by atoms with Crippen LogP contribution in [-0.2, 0) is 9.84 Å². The summed E-state index contributed by atoms with van der Waals surface area (Å²) in [5, 5.41) is 3.12. The molecule has 4 heteroatoms. The van der Waals surface area contributed by atoms with Crippen LogP contribution in [0.3, 0.4) is 0 Å². The van der Waals surface area contributed by atoms with Crippen LogP contribution in [0.5, 0.6) is 0 Å². The van der Waals surface area contributed by atoms with E-state index in [9.17, 15) is 8.42 Å². The Balaban J connectivity index is 2.64. The average Bonchev–Trinajstić information content (AvgIpc) is 2.24. The first kappa shape index (κ1) is 13.2. The molecule has 0 aromatic heterocycles. The van der Waals surface area contributed by atoms with E-state index in [2.05, 4.69) is 5.32 Å². The number of benzene rings is 1. The number of sulfone groups is 1. The molecule has 3 nitrogen and oxygen atoms in total. The molecule has 1 aromatic carbocycles. The second kappa shape index (κ2) is 6.01. The van der Waals surface area contributed by atoms with Gasteiger partial charge >= 0.3 is 0 Å². The Morgan fingerprint density at radius 3 is 2.69 bits per heavy atom. The van der Waals surface area contributed by atoms with E-state index in [0.29, 0.717) is 11.3 Å². The highest BCUT2D eigenvalue weighted by Gasteiger charge is 2.13. The molecule has 0 aliphatic heterocycles. The van der Waals surface area contributed by atoms with Crippen molar-refractivity contribution in [1.82, 2.24) is 5.32 Å². The third-order valence-corrected chi connectivity index (χ3v) is 4.16. The Bertz CT molecular complexity index is 426. The Kier molecular flexibility index (Phi) is 4.96. The quantitative estimate of drug-likeness (QED) is 0.772. The van der Waals surface area contributed by atoms with E-state index in [0.717, 1.165) is 18.7 Å². The van der Waals surface area contributed by atoms with E-state index in [1.54, 1.807) is 18.2 Å². The largest absolute Gasteiger partial charge is 0.317 e. The Labute approximate surface area is 97.8 Å². The summed E-state index contributed by atoms with van der Waals surface area (Å²) in [6, 6.07) is 7.07. The van der Waals surface area contributed by atoms with Gasteiger partial charge in [-0.3, -0.25) is 0 Å². The van der Waals surface area contributed by atoms with Gasteiger partial charge in [-0.2, -0.15) is 0 Å². The summed E-state index contributed by atoms with van der Waals surface area (Å²) in [7, 11) is -3.10. The lowest BCUT2D eigenvalue weighted by Crippen LogP contribution is -2.18. The molecule has 0 heterocycles. The molecule has 0 atom stereocenters. The minimum atomic E-state index is -3.10. The summed E-state index contributed by atoms with van der Waals surface area (Å²) in [4.78, 5) is 0.434. The minimum absolute atomic E-state index is 0.212. The first-order valence-corrected chi connectivity index (χ1v) is 7.21. The predicted molar refractivity (Wildman–Crippen MR) is 66.4 cm³/mol. The van der Waals surface area contributed by atoms with Crippen LogP contribution >= 0.6 is 0 Å². The minimum Gasteiger partial charge on any atom is -0.317 e. The normalized spacial score (nSPS) is 11.6. The third-order valence-electron chi connectivity index (χ3n) is 2.37. The van der Waals surface area contributed by atoms with Gasteiger partial charge in [-0.15, -0.1) is 0 Å². The average molecular weight is 241 g/mol. The molecule has 0 fully saturated rings. The Hall–Kier alpha value is -0.870. The van der Waals surface area contributed by atoms with Gasteiger partial charge in [-0.05, 0) is 44.1 Å². The lowest BCUT2D eigenvalue weighted by Gasteiger charge is -2.05. The number of hydrogen-bond acceptors (Lipinski definition) is 3. The summed E-state index contributed by atoms with van der Waals surface area (Å²) in [5.74, 6) is 0.212. The van der Waals surface area contributed by atoms with Gasteiger partial charge in [-0.1, -0.05) is 19.1 Å². The highest BCUT2D eigenvalue weighted by atomic mass is 32.2. The van der Waals surface area contributed by atoms with Crippen LogP contribution in [-0.4, -0.2) is 27.3 Å². The predicted octanol–water partition coefficient (Wildman–Crippen LogP) is 1.77. The van der Waals surface area contributed by atoms with Crippen molar-refractivity contribution in [3.63, 3.8) is 0 Å². The highest BCUT2D eigenvalue weighted by Crippen LogP contribution is 2.13. The smallest absolute Gasteiger partial charge is 0.178 e. The van der Waals surface area contributed by atoms with Gasteiger partial charge in [0, 0.05) is 0 Å². The van der Waals surface area contributed by atoms with Crippen molar-refractivity contribution < 1.29 is 8.42 Å². The van der Waals surface area contributed by atoms with Crippen LogP contribution in [0.1, 0.15) is 18.9 Å². The van der Waals surface area contributed by atoms with Gasteiger partial charge < -0.3 is 5.32 Å². The van der Waals surface area contributed by atoms with E-state index in [4.69, 9.17) is 0 Å². The SMILES string of the molecule is CCNCCCS(=O)(=O)c1cccc(C)c1. The van der Waals surface area contributed by atoms with Gasteiger partial charge in [0.05, 0.1) is 10.6 Å². The van der Waals surface area contributed by atoms with Crippen molar-refractivity contribution >= 4 is 9.84 Å². The topological polar surface area (TPSA) is 46.2 Å². The first-order chi connectivity index (χ1) is 7.56. The molecule has 0 saturated heterocycles. The molecule has 0 radical (unpaired) electrons. The van der Waals surface area contributed by atoms with Crippen LogP contribution in [0.4, 0.5) is 0 Å². The van der Waals surface area contributed by atoms with E-state index >= 15 is 0 Å². The van der Waals surface area contributed by atoms with Crippen LogP contribution in [0.2, 0.25) is 0 Å². The van der Waals surface area contributed by atoms with E-state index in [1.165, 1.54) is 0 Å². The van der Waals surface area contributed by atoms with Gasteiger partial charge in [-0.25, -0.2) is 8.42 Å². The number of rotatable bonds is 6. The van der Waals surface area contributed by atoms with Crippen LogP contribution in [0, 0.1) is 6.92 Å². The fourth-order valence-corrected chi connectivity index (χ4v) is 2.90. The highest BCUT2D eigenvalue weighted by molar-refractivity contribution is 7.91. The standard InChI is InChI=1S/C12H19NO2S/c1-3-13-8-5-9-16(14,15)12-7-4-6-11(2)10-12/h4,6-7,10,13H,3,5,8-9H2,1-2H3. The molecule has 0 spiro atoms. The Morgan fingerprint density at radius 1 is 1.31 bits per heavy atom. The summed E-state index contributed by atoms with van der Waals surface area (Å²) in [5.41, 5.74) is 0.979. The second-order valence-electron chi connectivity index (χ2n) is 3.84. The van der Waals surface area contributed by atoms with Crippen molar-refractivity contribution in [3.8, 4) is 0 Å². The maximum atomic E-state index is 11.9. The van der Waals surface area contributed by atoms with Crippen molar-refractivity contribution in [3.05, 3.63) is 29.8 Å². The van der Waals surface area contributed by atoms with E-state index < -0.39 is 9.84 Å².